The maximum atomic E-state index is 13.0. The summed E-state index contributed by atoms with van der Waals surface area (Å²) in [5.41, 5.74) is 7.88. The number of carbonyl (C=O) groups excluding carboxylic acids is 4. The zero-order chi connectivity index (χ0) is 24.3. The molecule has 0 radical (unpaired) electrons. The van der Waals surface area contributed by atoms with Gasteiger partial charge in [-0.2, -0.15) is 0 Å². The van der Waals surface area contributed by atoms with Gasteiger partial charge in [0, 0.05) is 18.8 Å². The topological polar surface area (TPSA) is 151 Å². The molecule has 0 aromatic heterocycles. The number of amides is 4. The molecule has 32 heavy (non-hydrogen) atoms. The molecule has 0 aliphatic carbocycles. The van der Waals surface area contributed by atoms with E-state index in [1.165, 1.54) is 0 Å². The number of primary amides is 1. The lowest BCUT2D eigenvalue weighted by Crippen LogP contribution is -2.54. The first-order valence-electron chi connectivity index (χ1n) is 10.9. The second kappa shape index (κ2) is 13.5. The van der Waals surface area contributed by atoms with Gasteiger partial charge in [0.1, 0.15) is 12.1 Å². The summed E-state index contributed by atoms with van der Waals surface area (Å²) >= 11 is 0. The molecule has 3 atom stereocenters. The molecule has 0 aliphatic heterocycles. The van der Waals surface area contributed by atoms with Crippen LogP contribution in [0.2, 0.25) is 0 Å². The molecule has 0 unspecified atom stereocenters. The Labute approximate surface area is 189 Å². The number of hydrogen-bond donors (Lipinski definition) is 5. The Kier molecular flexibility index (Phi) is 11.4. The molecule has 1 aromatic carbocycles. The van der Waals surface area contributed by atoms with Gasteiger partial charge in [0.15, 0.2) is 0 Å². The lowest BCUT2D eigenvalue weighted by molar-refractivity contribution is -0.137. The molecular weight excluding hydrogens is 412 g/mol. The van der Waals surface area contributed by atoms with Gasteiger partial charge in [0.25, 0.3) is 0 Å². The largest absolute Gasteiger partial charge is 0.368 e. The van der Waals surface area contributed by atoms with Gasteiger partial charge in [-0.3, -0.25) is 24.4 Å². The van der Waals surface area contributed by atoms with Gasteiger partial charge in [-0.1, -0.05) is 58.0 Å². The van der Waals surface area contributed by atoms with Crippen LogP contribution in [0.1, 0.15) is 52.5 Å². The van der Waals surface area contributed by atoms with Crippen LogP contribution in [0, 0.1) is 17.8 Å². The van der Waals surface area contributed by atoms with Crippen molar-refractivity contribution >= 4 is 23.6 Å². The van der Waals surface area contributed by atoms with Crippen molar-refractivity contribution in [3.05, 3.63) is 35.9 Å². The fourth-order valence-electron chi connectivity index (χ4n) is 3.46. The molecule has 1 rings (SSSR count). The Bertz CT molecular complexity index is 767. The van der Waals surface area contributed by atoms with E-state index in [-0.39, 0.29) is 24.7 Å². The SMILES string of the molecule is CC(C)C[C@@H](CC(=O)NO)C(=O)N[C@H](CC(C)C)C(=O)N[C@@H](Cc1ccccc1)C(N)=O. The molecule has 9 nitrogen and oxygen atoms in total. The first-order valence-corrected chi connectivity index (χ1v) is 10.9. The molecule has 0 saturated heterocycles. The van der Waals surface area contributed by atoms with Crippen LogP contribution < -0.4 is 21.8 Å². The third-order valence-corrected chi connectivity index (χ3v) is 4.97. The molecule has 4 amide bonds. The molecule has 0 heterocycles. The summed E-state index contributed by atoms with van der Waals surface area (Å²) in [4.78, 5) is 49.5. The number of nitrogens with one attached hydrogen (secondary N) is 3. The Morgan fingerprint density at radius 1 is 0.875 bits per heavy atom. The summed E-state index contributed by atoms with van der Waals surface area (Å²) in [5, 5.41) is 14.2. The molecule has 9 heteroatoms. The molecule has 0 fully saturated rings. The predicted molar refractivity (Wildman–Crippen MR) is 120 cm³/mol. The summed E-state index contributed by atoms with van der Waals surface area (Å²) in [5.74, 6) is -2.82. The van der Waals surface area contributed by atoms with E-state index in [0.29, 0.717) is 12.8 Å². The number of carbonyl (C=O) groups is 4. The Hall–Kier alpha value is -2.94. The van der Waals surface area contributed by atoms with Gasteiger partial charge in [0.05, 0.1) is 0 Å². The minimum atomic E-state index is -0.928. The van der Waals surface area contributed by atoms with E-state index in [2.05, 4.69) is 10.6 Å². The summed E-state index contributed by atoms with van der Waals surface area (Å²) < 4.78 is 0. The quantitative estimate of drug-likeness (QED) is 0.228. The van der Waals surface area contributed by atoms with Crippen molar-refractivity contribution in [1.82, 2.24) is 16.1 Å². The third kappa shape index (κ3) is 9.91. The second-order valence-electron chi connectivity index (χ2n) is 8.91. The minimum absolute atomic E-state index is 0.0801. The Morgan fingerprint density at radius 3 is 1.94 bits per heavy atom. The molecule has 1 aromatic rings. The van der Waals surface area contributed by atoms with Crippen molar-refractivity contribution in [2.45, 2.75) is 65.5 Å². The van der Waals surface area contributed by atoms with Crippen LogP contribution >= 0.6 is 0 Å². The van der Waals surface area contributed by atoms with E-state index < -0.39 is 41.6 Å². The van der Waals surface area contributed by atoms with Crippen LogP contribution in [-0.4, -0.2) is 40.9 Å². The third-order valence-electron chi connectivity index (χ3n) is 4.97. The average molecular weight is 449 g/mol. The van der Waals surface area contributed by atoms with E-state index in [0.717, 1.165) is 5.56 Å². The van der Waals surface area contributed by atoms with Gasteiger partial charge in [-0.25, -0.2) is 5.48 Å². The molecule has 178 valence electrons. The van der Waals surface area contributed by atoms with Crippen LogP contribution in [0.4, 0.5) is 0 Å². The van der Waals surface area contributed by atoms with Crippen LogP contribution in [-0.2, 0) is 25.6 Å². The summed E-state index contributed by atoms with van der Waals surface area (Å²) in [7, 11) is 0. The maximum Gasteiger partial charge on any atom is 0.244 e. The van der Waals surface area contributed by atoms with Crippen molar-refractivity contribution in [2.75, 3.05) is 0 Å². The lowest BCUT2D eigenvalue weighted by atomic mass is 9.92. The predicted octanol–water partition coefficient (Wildman–Crippen LogP) is 1.29. The molecule has 0 bridgehead atoms. The summed E-state index contributed by atoms with van der Waals surface area (Å²) in [6, 6.07) is 7.34. The van der Waals surface area contributed by atoms with E-state index in [1.807, 2.05) is 58.0 Å². The number of nitrogens with two attached hydrogens (primary N) is 1. The smallest absolute Gasteiger partial charge is 0.244 e. The lowest BCUT2D eigenvalue weighted by Gasteiger charge is -2.25. The highest BCUT2D eigenvalue weighted by Crippen LogP contribution is 2.17. The number of benzene rings is 1. The van der Waals surface area contributed by atoms with Gasteiger partial charge >= 0.3 is 0 Å². The van der Waals surface area contributed by atoms with Gasteiger partial charge in [-0.05, 0) is 30.2 Å². The zero-order valence-corrected chi connectivity index (χ0v) is 19.3. The summed E-state index contributed by atoms with van der Waals surface area (Å²) in [6.45, 7) is 7.65. The van der Waals surface area contributed by atoms with Gasteiger partial charge in [0.2, 0.25) is 23.6 Å². The van der Waals surface area contributed by atoms with Crippen LogP contribution in [0.25, 0.3) is 0 Å². The first-order chi connectivity index (χ1) is 15.0. The van der Waals surface area contributed by atoms with Gasteiger partial charge in [-0.15, -0.1) is 0 Å². The maximum absolute atomic E-state index is 13.0. The fourth-order valence-corrected chi connectivity index (χ4v) is 3.46. The van der Waals surface area contributed by atoms with Crippen LogP contribution in [0.5, 0.6) is 0 Å². The number of rotatable bonds is 13. The number of hydrogen-bond acceptors (Lipinski definition) is 5. The second-order valence-corrected chi connectivity index (χ2v) is 8.91. The zero-order valence-electron chi connectivity index (χ0n) is 19.3. The standard InChI is InChI=1S/C23H36N4O5/c1-14(2)10-17(13-20(28)27-32)22(30)26-19(11-15(3)4)23(31)25-18(21(24)29)12-16-8-6-5-7-9-16/h5-9,14-15,17-19,32H,10-13H2,1-4H3,(H2,24,29)(H,25,31)(H,26,30)(H,27,28)/t17-,18-,19+/m0/s1. The van der Waals surface area contributed by atoms with E-state index in [1.54, 1.807) is 5.48 Å². The highest BCUT2D eigenvalue weighted by atomic mass is 16.5. The highest BCUT2D eigenvalue weighted by Gasteiger charge is 2.30. The molecule has 0 aliphatic rings. The van der Waals surface area contributed by atoms with E-state index in [9.17, 15) is 19.2 Å². The van der Waals surface area contributed by atoms with Crippen molar-refractivity contribution < 1.29 is 24.4 Å². The van der Waals surface area contributed by atoms with Crippen molar-refractivity contribution in [2.24, 2.45) is 23.5 Å². The van der Waals surface area contributed by atoms with Crippen LogP contribution in [0.3, 0.4) is 0 Å². The minimum Gasteiger partial charge on any atom is -0.368 e. The molecular formula is C23H36N4O5. The Morgan fingerprint density at radius 2 is 1.44 bits per heavy atom. The number of hydroxylamine groups is 1. The highest BCUT2D eigenvalue weighted by molar-refractivity contribution is 5.93. The Balaban J connectivity index is 2.95. The van der Waals surface area contributed by atoms with Gasteiger partial charge < -0.3 is 16.4 Å². The fraction of sp³-hybridized carbons (Fsp3) is 0.565. The van der Waals surface area contributed by atoms with E-state index >= 15 is 0 Å². The molecule has 0 saturated carbocycles. The van der Waals surface area contributed by atoms with E-state index in [4.69, 9.17) is 10.9 Å². The van der Waals surface area contributed by atoms with Crippen molar-refractivity contribution in [3.63, 3.8) is 0 Å². The molecule has 0 spiro atoms. The normalized spacial score (nSPS) is 13.8. The van der Waals surface area contributed by atoms with Crippen molar-refractivity contribution in [3.8, 4) is 0 Å². The molecule has 6 N–H and O–H groups in total. The average Bonchev–Trinajstić information content (AvgIpc) is 2.72. The first kappa shape index (κ1) is 27.1. The monoisotopic (exact) mass is 448 g/mol. The van der Waals surface area contributed by atoms with Crippen molar-refractivity contribution in [1.29, 1.82) is 0 Å². The van der Waals surface area contributed by atoms with Crippen LogP contribution in [0.15, 0.2) is 30.3 Å². The summed E-state index contributed by atoms with van der Waals surface area (Å²) in [6.07, 6.45) is 0.785.